The molecule has 2 fully saturated rings. The molecule has 2 aromatic carbocycles. The maximum absolute atomic E-state index is 12.7. The number of esters is 1. The van der Waals surface area contributed by atoms with Crippen molar-refractivity contribution in [1.82, 2.24) is 0 Å². The smallest absolute Gasteiger partial charge is 0.339 e. The molecule has 2 aliphatic rings. The van der Waals surface area contributed by atoms with Gasteiger partial charge in [-0.25, -0.2) is 4.79 Å². The minimum Gasteiger partial charge on any atom is -0.449 e. The van der Waals surface area contributed by atoms with Crippen LogP contribution in [0.2, 0.25) is 0 Å². The Labute approximate surface area is 210 Å². The van der Waals surface area contributed by atoms with E-state index in [9.17, 15) is 19.7 Å². The number of hydrogen-bond acceptors (Lipinski definition) is 8. The molecule has 1 amide bonds. The molecule has 0 saturated carbocycles. The van der Waals surface area contributed by atoms with E-state index in [1.807, 2.05) is 17.0 Å². The van der Waals surface area contributed by atoms with Gasteiger partial charge in [-0.2, -0.15) is 0 Å². The van der Waals surface area contributed by atoms with Gasteiger partial charge in [-0.15, -0.1) is 0 Å². The molecular weight excluding hydrogens is 464 g/mol. The summed E-state index contributed by atoms with van der Waals surface area (Å²) >= 11 is 0. The summed E-state index contributed by atoms with van der Waals surface area (Å²) < 4.78 is 10.7. The molecular formula is C26H32N4O6. The molecule has 0 bridgehead atoms. The van der Waals surface area contributed by atoms with Gasteiger partial charge in [0.05, 0.1) is 23.7 Å². The van der Waals surface area contributed by atoms with Crippen molar-refractivity contribution in [3.8, 4) is 0 Å². The van der Waals surface area contributed by atoms with Crippen molar-refractivity contribution < 1.29 is 24.0 Å². The number of ether oxygens (including phenoxy) is 2. The average Bonchev–Trinajstić information content (AvgIpc) is 2.89. The lowest BCUT2D eigenvalue weighted by molar-refractivity contribution is -0.384. The molecule has 0 aromatic heterocycles. The zero-order chi connectivity index (χ0) is 25.7. The predicted octanol–water partition coefficient (Wildman–Crippen LogP) is 3.85. The maximum atomic E-state index is 12.7. The highest BCUT2D eigenvalue weighted by molar-refractivity contribution is 5.98. The van der Waals surface area contributed by atoms with Gasteiger partial charge in [-0.3, -0.25) is 14.9 Å². The van der Waals surface area contributed by atoms with Crippen LogP contribution in [0.5, 0.6) is 0 Å². The first-order valence-corrected chi connectivity index (χ1v) is 12.3. The molecule has 10 nitrogen and oxygen atoms in total. The topological polar surface area (TPSA) is 114 Å². The van der Waals surface area contributed by atoms with E-state index >= 15 is 0 Å². The summed E-state index contributed by atoms with van der Waals surface area (Å²) in [6.07, 6.45) is 0.968. The van der Waals surface area contributed by atoms with Crippen LogP contribution in [0.4, 0.5) is 22.7 Å². The summed E-state index contributed by atoms with van der Waals surface area (Å²) in [6, 6.07) is 11.8. The van der Waals surface area contributed by atoms with Crippen LogP contribution < -0.4 is 15.1 Å². The lowest BCUT2D eigenvalue weighted by atomic mass is 9.99. The number of rotatable bonds is 7. The van der Waals surface area contributed by atoms with E-state index < -0.39 is 22.9 Å². The molecule has 2 saturated heterocycles. The number of morpholine rings is 1. The number of nitro benzene ring substituents is 1. The van der Waals surface area contributed by atoms with Gasteiger partial charge >= 0.3 is 5.97 Å². The highest BCUT2D eigenvalue weighted by Crippen LogP contribution is 2.32. The number of nitrogens with one attached hydrogen (secondary N) is 1. The van der Waals surface area contributed by atoms with Gasteiger partial charge in [-0.1, -0.05) is 6.92 Å². The summed E-state index contributed by atoms with van der Waals surface area (Å²) in [5, 5.41) is 14.5. The van der Waals surface area contributed by atoms with Crippen molar-refractivity contribution in [3.05, 3.63) is 58.1 Å². The van der Waals surface area contributed by atoms with Gasteiger partial charge in [0.25, 0.3) is 11.6 Å². The number of nitrogens with zero attached hydrogens (tertiary/aromatic N) is 3. The van der Waals surface area contributed by atoms with Crippen LogP contribution in [-0.2, 0) is 14.3 Å². The molecule has 2 aliphatic heterocycles. The Morgan fingerprint density at radius 3 is 2.50 bits per heavy atom. The molecule has 0 spiro atoms. The van der Waals surface area contributed by atoms with Crippen molar-refractivity contribution in [2.24, 2.45) is 5.92 Å². The Hall–Kier alpha value is -3.66. The van der Waals surface area contributed by atoms with Crippen LogP contribution >= 0.6 is 0 Å². The third-order valence-corrected chi connectivity index (χ3v) is 6.57. The van der Waals surface area contributed by atoms with Crippen LogP contribution in [0, 0.1) is 16.0 Å². The monoisotopic (exact) mass is 496 g/mol. The first-order chi connectivity index (χ1) is 17.3. The normalized spacial score (nSPS) is 18.9. The second-order valence-electron chi connectivity index (χ2n) is 9.34. The van der Waals surface area contributed by atoms with Crippen LogP contribution in [0.15, 0.2) is 42.5 Å². The predicted molar refractivity (Wildman–Crippen MR) is 137 cm³/mol. The van der Waals surface area contributed by atoms with E-state index in [2.05, 4.69) is 17.1 Å². The average molecular weight is 497 g/mol. The van der Waals surface area contributed by atoms with E-state index in [1.165, 1.54) is 19.1 Å². The van der Waals surface area contributed by atoms with E-state index in [0.29, 0.717) is 30.5 Å². The van der Waals surface area contributed by atoms with Crippen LogP contribution in [-0.4, -0.2) is 62.3 Å². The van der Waals surface area contributed by atoms with Crippen LogP contribution in [0.25, 0.3) is 0 Å². The summed E-state index contributed by atoms with van der Waals surface area (Å²) in [6.45, 7) is 8.05. The second kappa shape index (κ2) is 11.4. The Morgan fingerprint density at radius 2 is 1.83 bits per heavy atom. The SMILES string of the molecule is CC1CCCN(c2ccc(C(=O)OC(C)C(=O)Nc3ccc(N4CCOCC4)cc3)cc2[N+](=O)[O-])C1. The van der Waals surface area contributed by atoms with E-state index in [-0.39, 0.29) is 11.3 Å². The highest BCUT2D eigenvalue weighted by Gasteiger charge is 2.27. The lowest BCUT2D eigenvalue weighted by Crippen LogP contribution is -2.36. The zero-order valence-electron chi connectivity index (χ0n) is 20.6. The molecule has 2 atom stereocenters. The first-order valence-electron chi connectivity index (χ1n) is 12.3. The summed E-state index contributed by atoms with van der Waals surface area (Å²) in [7, 11) is 0. The number of carbonyl (C=O) groups is 2. The van der Waals surface area contributed by atoms with Crippen molar-refractivity contribution >= 4 is 34.6 Å². The number of benzene rings is 2. The van der Waals surface area contributed by atoms with Gasteiger partial charge in [0.2, 0.25) is 0 Å². The maximum Gasteiger partial charge on any atom is 0.339 e. The Kier molecular flexibility index (Phi) is 8.04. The van der Waals surface area contributed by atoms with Gasteiger partial charge in [0.1, 0.15) is 5.69 Å². The van der Waals surface area contributed by atoms with Crippen molar-refractivity contribution in [2.75, 3.05) is 54.5 Å². The standard InChI is InChI=1S/C26H32N4O6/c1-18-4-3-11-29(17-18)23-10-5-20(16-24(23)30(33)34)26(32)36-19(2)25(31)27-21-6-8-22(9-7-21)28-12-14-35-15-13-28/h5-10,16,18-19H,3-4,11-15,17H2,1-2H3,(H,27,31). The van der Waals surface area contributed by atoms with Gasteiger partial charge in [-0.05, 0) is 62.1 Å². The fraction of sp³-hybridized carbons (Fsp3) is 0.462. The highest BCUT2D eigenvalue weighted by atomic mass is 16.6. The largest absolute Gasteiger partial charge is 0.449 e. The Balaban J connectivity index is 1.37. The van der Waals surface area contributed by atoms with Crippen LogP contribution in [0.1, 0.15) is 37.0 Å². The molecule has 0 aliphatic carbocycles. The molecule has 2 aromatic rings. The first kappa shape index (κ1) is 25.4. The van der Waals surface area contributed by atoms with E-state index in [4.69, 9.17) is 9.47 Å². The second-order valence-corrected chi connectivity index (χ2v) is 9.34. The molecule has 36 heavy (non-hydrogen) atoms. The summed E-state index contributed by atoms with van der Waals surface area (Å²) in [5.41, 5.74) is 2.01. The third kappa shape index (κ3) is 6.12. The molecule has 4 rings (SSSR count). The minimum atomic E-state index is -1.09. The van der Waals surface area contributed by atoms with Crippen molar-refractivity contribution in [1.29, 1.82) is 0 Å². The summed E-state index contributed by atoms with van der Waals surface area (Å²) in [5.74, 6) is -0.837. The number of nitro groups is 1. The Morgan fingerprint density at radius 1 is 1.11 bits per heavy atom. The van der Waals surface area contributed by atoms with Gasteiger partial charge in [0, 0.05) is 43.6 Å². The molecule has 2 heterocycles. The fourth-order valence-electron chi connectivity index (χ4n) is 4.58. The van der Waals surface area contributed by atoms with Crippen molar-refractivity contribution in [3.63, 3.8) is 0 Å². The number of hydrogen-bond donors (Lipinski definition) is 1. The molecule has 0 radical (unpaired) electrons. The third-order valence-electron chi connectivity index (χ3n) is 6.57. The number of anilines is 3. The number of piperidine rings is 1. The van der Waals surface area contributed by atoms with Crippen LogP contribution in [0.3, 0.4) is 0 Å². The summed E-state index contributed by atoms with van der Waals surface area (Å²) in [4.78, 5) is 40.7. The molecule has 10 heteroatoms. The number of amides is 1. The quantitative estimate of drug-likeness (QED) is 0.349. The minimum absolute atomic E-state index is 0.0324. The fourth-order valence-corrected chi connectivity index (χ4v) is 4.58. The van der Waals surface area contributed by atoms with Gasteiger partial charge in [0.15, 0.2) is 6.10 Å². The lowest BCUT2D eigenvalue weighted by Gasteiger charge is -2.32. The zero-order valence-corrected chi connectivity index (χ0v) is 20.6. The van der Waals surface area contributed by atoms with Crippen molar-refractivity contribution in [2.45, 2.75) is 32.8 Å². The van der Waals surface area contributed by atoms with E-state index in [1.54, 1.807) is 18.2 Å². The number of carbonyl (C=O) groups excluding carboxylic acids is 2. The van der Waals surface area contributed by atoms with Gasteiger partial charge < -0.3 is 24.6 Å². The molecule has 192 valence electrons. The molecule has 1 N–H and O–H groups in total. The molecule has 2 unspecified atom stereocenters. The van der Waals surface area contributed by atoms with E-state index in [0.717, 1.165) is 44.7 Å². The Bertz CT molecular complexity index is 1100.